The van der Waals surface area contributed by atoms with E-state index in [9.17, 15) is 19.8 Å². The van der Waals surface area contributed by atoms with Crippen molar-refractivity contribution in [1.82, 2.24) is 0 Å². The Morgan fingerprint density at radius 2 is 1.18 bits per heavy atom. The zero-order chi connectivity index (χ0) is 65.7. The molecule has 14 nitrogen and oxygen atoms in total. The van der Waals surface area contributed by atoms with E-state index in [1.165, 1.54) is 6.42 Å². The molecule has 2 N–H and O–H groups in total. The summed E-state index contributed by atoms with van der Waals surface area (Å²) in [6, 6.07) is 28.2. The molecule has 3 aromatic carbocycles. The normalized spacial score (nSPS) is 34.8. The van der Waals surface area contributed by atoms with Gasteiger partial charge in [0.2, 0.25) is 6.10 Å². The highest BCUT2D eigenvalue weighted by molar-refractivity contribution is 7.97. The summed E-state index contributed by atoms with van der Waals surface area (Å²) in [5.41, 5.74) is -8.50. The molecule has 10 bridgehead atoms. The summed E-state index contributed by atoms with van der Waals surface area (Å²) >= 11 is 0. The summed E-state index contributed by atoms with van der Waals surface area (Å²) in [4.78, 5) is 93.8. The number of carbonyl (C=O) groups is 6. The largest absolute Gasteiger partial charge is 0.463 e. The van der Waals surface area contributed by atoms with E-state index < -0.39 is 103 Å². The molecule has 10 saturated carbocycles. The lowest BCUT2D eigenvalue weighted by atomic mass is 9.47. The topological polar surface area (TPSA) is 198 Å². The van der Waals surface area contributed by atoms with E-state index in [1.807, 2.05) is 76.2 Å². The van der Waals surface area contributed by atoms with Crippen molar-refractivity contribution < 1.29 is 67.4 Å². The van der Waals surface area contributed by atoms with Gasteiger partial charge in [0.15, 0.2) is 14.7 Å². The van der Waals surface area contributed by atoms with Crippen molar-refractivity contribution in [3.8, 4) is 5.75 Å². The molecule has 92 heavy (non-hydrogen) atoms. The molecule has 0 aromatic heterocycles. The molecule has 11 fully saturated rings. The minimum atomic E-state index is -1.74. The van der Waals surface area contributed by atoms with Gasteiger partial charge in [0.05, 0.1) is 57.3 Å². The van der Waals surface area contributed by atoms with Crippen molar-refractivity contribution in [3.05, 3.63) is 84.9 Å². The summed E-state index contributed by atoms with van der Waals surface area (Å²) in [5.74, 6) is -1.60. The maximum atomic E-state index is 16.6. The molecule has 12 unspecified atom stereocenters. The first-order valence-corrected chi connectivity index (χ1v) is 36.2. The highest BCUT2D eigenvalue weighted by Crippen LogP contribution is 2.65. The number of rotatable bonds is 23. The first kappa shape index (κ1) is 66.8. The van der Waals surface area contributed by atoms with Gasteiger partial charge in [0, 0.05) is 6.42 Å². The van der Waals surface area contributed by atoms with Crippen molar-refractivity contribution in [1.29, 1.82) is 0 Å². The van der Waals surface area contributed by atoms with Gasteiger partial charge >= 0.3 is 35.8 Å². The third-order valence-corrected chi connectivity index (χ3v) is 26.6. The van der Waals surface area contributed by atoms with Crippen LogP contribution < -0.4 is 4.74 Å². The Morgan fingerprint density at radius 3 is 1.72 bits per heavy atom. The standard InChI is InChI=1S/C77H103O14S/c1-45(2)77(53-31-47-28-48(33-53)34-54(77)32-47)91-70(84)73(9,41-61-46(3)50-35-59(61)60(36-50)62(78)37-64(79)90-71(4,5)6)43-75(11,68(82)88-63-26-27-86-66(63)80)44-74(10,69(83)89-65-51-29-49-30-52(65)40-76(85,38-49)39-51)42-72(7,8)67(81)87-55-22-24-58(25-23-55)92(56-18-14-12-15-19-56)57-20-16-13-17-21-57/h12-25,45-54,59-63,65,78,85H,26-44H2,1-11H3/q+1. The lowest BCUT2D eigenvalue weighted by Gasteiger charge is -2.62. The first-order valence-electron chi connectivity index (χ1n) is 35.0. The second-order valence-corrected chi connectivity index (χ2v) is 35.7. The van der Waals surface area contributed by atoms with E-state index in [0.29, 0.717) is 36.3 Å². The van der Waals surface area contributed by atoms with Crippen LogP contribution in [0, 0.1) is 98.6 Å². The van der Waals surface area contributed by atoms with Crippen LogP contribution in [0.25, 0.3) is 0 Å². The second-order valence-electron chi connectivity index (χ2n) is 33.7. The number of esters is 6. The number of hydrogen-bond donors (Lipinski definition) is 2. The van der Waals surface area contributed by atoms with Gasteiger partial charge in [-0.05, 0) is 284 Å². The van der Waals surface area contributed by atoms with Crippen LogP contribution in [-0.4, -0.2) is 87.8 Å². The fourth-order valence-electron chi connectivity index (χ4n) is 21.3. The van der Waals surface area contributed by atoms with Gasteiger partial charge in [-0.1, -0.05) is 57.2 Å². The first-order chi connectivity index (χ1) is 43.3. The van der Waals surface area contributed by atoms with Crippen molar-refractivity contribution in [2.24, 2.45) is 98.6 Å². The molecule has 0 amide bonds. The molecular weight excluding hydrogens is 1180 g/mol. The van der Waals surface area contributed by atoms with E-state index in [-0.39, 0.29) is 104 Å². The maximum absolute atomic E-state index is 16.6. The molecule has 1 saturated heterocycles. The quantitative estimate of drug-likeness (QED) is 0.0393. The molecule has 1 heterocycles. The van der Waals surface area contributed by atoms with E-state index >= 15 is 19.2 Å². The van der Waals surface area contributed by atoms with Crippen LogP contribution in [-0.2, 0) is 63.3 Å². The third kappa shape index (κ3) is 13.1. The van der Waals surface area contributed by atoms with Crippen LogP contribution in [0.3, 0.4) is 0 Å². The summed E-state index contributed by atoms with van der Waals surface area (Å²) in [7, 11) is -0.451. The van der Waals surface area contributed by atoms with Crippen LogP contribution in [0.15, 0.2) is 99.6 Å². The Balaban J connectivity index is 0.904. The SMILES string of the molecule is CC1C2CC(C(O)CC(=O)OC(C)(C)C)C(C2)C1CC(C)(CC(C)(CC(C)(CC(C)(C)C(=O)Oc1ccc([S+](c2ccccc2)c2ccccc2)cc1)C(=O)OC1C2CC3CC1CC(O)(C3)C2)C(=O)OC1CCOC1=O)C(=O)OC1(C(C)C)C2CC3CC(C2)CC1C3. The number of benzene rings is 3. The molecule has 12 atom stereocenters. The number of aliphatic hydroxyl groups is 2. The smallest absolute Gasteiger partial charge is 0.347 e. The monoisotopic (exact) mass is 1280 g/mol. The fourth-order valence-corrected chi connectivity index (χ4v) is 23.4. The number of carbonyl (C=O) groups excluding carboxylic acids is 6. The molecular formula is C77H103O14S+. The lowest BCUT2D eigenvalue weighted by molar-refractivity contribution is -0.234. The summed E-state index contributed by atoms with van der Waals surface area (Å²) in [6.45, 7) is 21.0. The molecule has 0 radical (unpaired) electrons. The highest BCUT2D eigenvalue weighted by Gasteiger charge is 2.65. The van der Waals surface area contributed by atoms with Crippen LogP contribution in [0.5, 0.6) is 5.75 Å². The Bertz CT molecular complexity index is 3140. The third-order valence-electron chi connectivity index (χ3n) is 24.4. The van der Waals surface area contributed by atoms with Gasteiger partial charge in [0.25, 0.3) is 0 Å². The minimum Gasteiger partial charge on any atom is -0.463 e. The Morgan fingerprint density at radius 1 is 0.630 bits per heavy atom. The highest BCUT2D eigenvalue weighted by atomic mass is 32.2. The van der Waals surface area contributed by atoms with Crippen LogP contribution in [0.4, 0.5) is 0 Å². The fraction of sp³-hybridized carbons (Fsp3) is 0.688. The Hall–Kier alpha value is -5.25. The molecule has 14 rings (SSSR count). The van der Waals surface area contributed by atoms with Gasteiger partial charge in [0.1, 0.15) is 23.1 Å². The van der Waals surface area contributed by atoms with Gasteiger partial charge in [-0.3, -0.25) is 24.0 Å². The average Bonchev–Trinajstić information content (AvgIpc) is 0.841. The van der Waals surface area contributed by atoms with Crippen molar-refractivity contribution in [2.75, 3.05) is 6.61 Å². The average molecular weight is 1280 g/mol. The summed E-state index contributed by atoms with van der Waals surface area (Å²) in [6.07, 6.45) is 7.16. The maximum Gasteiger partial charge on any atom is 0.347 e. The number of ether oxygens (including phenoxy) is 6. The van der Waals surface area contributed by atoms with Gasteiger partial charge < -0.3 is 38.6 Å². The molecule has 3 aromatic rings. The molecule has 15 heteroatoms. The van der Waals surface area contributed by atoms with E-state index in [2.05, 4.69) is 45.0 Å². The van der Waals surface area contributed by atoms with Crippen molar-refractivity contribution in [2.45, 2.75) is 242 Å². The predicted molar refractivity (Wildman–Crippen MR) is 347 cm³/mol. The van der Waals surface area contributed by atoms with E-state index in [1.54, 1.807) is 39.8 Å². The predicted octanol–water partition coefficient (Wildman–Crippen LogP) is 14.0. The summed E-state index contributed by atoms with van der Waals surface area (Å²) < 4.78 is 38.1. The van der Waals surface area contributed by atoms with Gasteiger partial charge in [-0.2, -0.15) is 0 Å². The number of aliphatic hydroxyl groups excluding tert-OH is 1. The van der Waals surface area contributed by atoms with Crippen LogP contribution in [0.2, 0.25) is 0 Å². The van der Waals surface area contributed by atoms with E-state index in [4.69, 9.17) is 28.4 Å². The number of fused-ring (bicyclic) bond motifs is 2. The zero-order valence-electron chi connectivity index (χ0n) is 56.5. The van der Waals surface area contributed by atoms with Gasteiger partial charge in [-0.15, -0.1) is 0 Å². The molecule has 0 spiro atoms. The zero-order valence-corrected chi connectivity index (χ0v) is 57.3. The molecule has 500 valence electrons. The van der Waals surface area contributed by atoms with E-state index in [0.717, 1.165) is 72.5 Å². The summed E-state index contributed by atoms with van der Waals surface area (Å²) in [5, 5.41) is 23.7. The lowest BCUT2D eigenvalue weighted by Crippen LogP contribution is -2.63. The second kappa shape index (κ2) is 25.1. The number of cyclic esters (lactones) is 1. The van der Waals surface area contributed by atoms with Crippen LogP contribution in [0.1, 0.15) is 192 Å². The Kier molecular flexibility index (Phi) is 18.2. The molecule has 1 aliphatic heterocycles. The van der Waals surface area contributed by atoms with Crippen molar-refractivity contribution in [3.63, 3.8) is 0 Å². The minimum absolute atomic E-state index is 0.00559. The molecule has 10 aliphatic carbocycles. The Labute approximate surface area is 548 Å². The molecule has 11 aliphatic rings. The van der Waals surface area contributed by atoms with Crippen molar-refractivity contribution >= 4 is 46.7 Å². The van der Waals surface area contributed by atoms with Crippen LogP contribution >= 0.6 is 0 Å². The number of hydrogen-bond acceptors (Lipinski definition) is 14. The van der Waals surface area contributed by atoms with Gasteiger partial charge in [-0.25, -0.2) is 4.79 Å².